The second-order valence-corrected chi connectivity index (χ2v) is 5.87. The first kappa shape index (κ1) is 11.8. The number of halogens is 1. The van der Waals surface area contributed by atoms with E-state index in [2.05, 4.69) is 15.9 Å². The lowest BCUT2D eigenvalue weighted by atomic mass is 10.0. The lowest BCUT2D eigenvalue weighted by molar-refractivity contribution is 0.220. The topological polar surface area (TPSA) is 20.2 Å². The molecule has 16 heavy (non-hydrogen) atoms. The third kappa shape index (κ3) is 2.37. The van der Waals surface area contributed by atoms with E-state index in [4.69, 9.17) is 0 Å². The molecule has 0 saturated carbocycles. The molecule has 0 saturated heterocycles. The Kier molecular flexibility index (Phi) is 3.47. The first-order valence-corrected chi connectivity index (χ1v) is 6.74. The summed E-state index contributed by atoms with van der Waals surface area (Å²) < 4.78 is 1.04. The highest BCUT2D eigenvalue weighted by Gasteiger charge is 2.12. The lowest BCUT2D eigenvalue weighted by Gasteiger charge is -2.10. The van der Waals surface area contributed by atoms with Crippen molar-refractivity contribution in [2.24, 2.45) is 0 Å². The minimum atomic E-state index is -0.526. The van der Waals surface area contributed by atoms with Gasteiger partial charge >= 0.3 is 0 Å². The van der Waals surface area contributed by atoms with Gasteiger partial charge < -0.3 is 5.11 Å². The first-order chi connectivity index (χ1) is 7.58. The van der Waals surface area contributed by atoms with Gasteiger partial charge in [-0.05, 0) is 48.1 Å². The van der Waals surface area contributed by atoms with Crippen molar-refractivity contribution in [2.75, 3.05) is 0 Å². The highest BCUT2D eigenvalue weighted by atomic mass is 79.9. The summed E-state index contributed by atoms with van der Waals surface area (Å²) in [5.41, 5.74) is 3.07. The van der Waals surface area contributed by atoms with Crippen LogP contribution in [0.4, 0.5) is 0 Å². The average molecular weight is 297 g/mol. The molecule has 1 heterocycles. The number of aliphatic hydroxyl groups excluding tert-OH is 1. The van der Waals surface area contributed by atoms with E-state index in [1.807, 2.05) is 43.5 Å². The van der Waals surface area contributed by atoms with E-state index in [1.165, 1.54) is 10.4 Å². The zero-order chi connectivity index (χ0) is 11.7. The summed E-state index contributed by atoms with van der Waals surface area (Å²) >= 11 is 5.15. The SMILES string of the molecule is Cc1cc(C(O)c2ccc(C)c(Br)c2)cs1. The minimum Gasteiger partial charge on any atom is -0.384 e. The molecule has 1 unspecified atom stereocenters. The first-order valence-electron chi connectivity index (χ1n) is 5.07. The van der Waals surface area contributed by atoms with Crippen LogP contribution in [0.1, 0.15) is 27.7 Å². The van der Waals surface area contributed by atoms with Crippen LogP contribution < -0.4 is 0 Å². The highest BCUT2D eigenvalue weighted by molar-refractivity contribution is 9.10. The maximum Gasteiger partial charge on any atom is 0.105 e. The molecule has 0 aliphatic carbocycles. The van der Waals surface area contributed by atoms with Gasteiger partial charge in [-0.15, -0.1) is 11.3 Å². The maximum atomic E-state index is 10.2. The van der Waals surface area contributed by atoms with Crippen LogP contribution in [0.2, 0.25) is 0 Å². The number of thiophene rings is 1. The van der Waals surface area contributed by atoms with Gasteiger partial charge in [0.25, 0.3) is 0 Å². The maximum absolute atomic E-state index is 10.2. The van der Waals surface area contributed by atoms with Crippen molar-refractivity contribution in [3.63, 3.8) is 0 Å². The summed E-state index contributed by atoms with van der Waals surface area (Å²) in [4.78, 5) is 1.22. The van der Waals surface area contributed by atoms with Gasteiger partial charge in [-0.25, -0.2) is 0 Å². The monoisotopic (exact) mass is 296 g/mol. The molecule has 0 aliphatic rings. The predicted molar refractivity (Wildman–Crippen MR) is 72.0 cm³/mol. The van der Waals surface area contributed by atoms with Crippen molar-refractivity contribution in [1.82, 2.24) is 0 Å². The van der Waals surface area contributed by atoms with Gasteiger partial charge in [0.1, 0.15) is 6.10 Å². The Morgan fingerprint density at radius 2 is 1.94 bits per heavy atom. The molecule has 1 nitrogen and oxygen atoms in total. The van der Waals surface area contributed by atoms with Gasteiger partial charge in [-0.3, -0.25) is 0 Å². The Morgan fingerprint density at radius 3 is 2.50 bits per heavy atom. The molecule has 0 bridgehead atoms. The van der Waals surface area contributed by atoms with Gasteiger partial charge in [0.15, 0.2) is 0 Å². The van der Waals surface area contributed by atoms with E-state index in [-0.39, 0.29) is 0 Å². The Hall–Kier alpha value is -0.640. The van der Waals surface area contributed by atoms with Crippen LogP contribution in [-0.4, -0.2) is 5.11 Å². The summed E-state index contributed by atoms with van der Waals surface area (Å²) in [5, 5.41) is 12.2. The van der Waals surface area contributed by atoms with Crippen molar-refractivity contribution < 1.29 is 5.11 Å². The average Bonchev–Trinajstić information content (AvgIpc) is 2.68. The van der Waals surface area contributed by atoms with Crippen molar-refractivity contribution in [3.8, 4) is 0 Å². The molecular formula is C13H13BrOS. The lowest BCUT2D eigenvalue weighted by Crippen LogP contribution is -1.98. The van der Waals surface area contributed by atoms with Gasteiger partial charge in [0, 0.05) is 9.35 Å². The fourth-order valence-electron chi connectivity index (χ4n) is 1.58. The standard InChI is InChI=1S/C13H13BrOS/c1-8-3-4-10(6-12(8)14)13(15)11-5-9(2)16-7-11/h3-7,13,15H,1-2H3. The van der Waals surface area contributed by atoms with E-state index in [0.29, 0.717) is 0 Å². The smallest absolute Gasteiger partial charge is 0.105 e. The molecule has 0 radical (unpaired) electrons. The van der Waals surface area contributed by atoms with Crippen molar-refractivity contribution in [3.05, 3.63) is 55.7 Å². The largest absolute Gasteiger partial charge is 0.384 e. The van der Waals surface area contributed by atoms with Crippen LogP contribution >= 0.6 is 27.3 Å². The van der Waals surface area contributed by atoms with Crippen molar-refractivity contribution in [1.29, 1.82) is 0 Å². The zero-order valence-electron chi connectivity index (χ0n) is 9.20. The van der Waals surface area contributed by atoms with Gasteiger partial charge in [-0.1, -0.05) is 28.1 Å². The summed E-state index contributed by atoms with van der Waals surface area (Å²) in [5.74, 6) is 0. The molecule has 0 fully saturated rings. The Morgan fingerprint density at radius 1 is 1.19 bits per heavy atom. The van der Waals surface area contributed by atoms with Gasteiger partial charge in [-0.2, -0.15) is 0 Å². The molecule has 3 heteroatoms. The number of hydrogen-bond acceptors (Lipinski definition) is 2. The van der Waals surface area contributed by atoms with E-state index < -0.39 is 6.10 Å². The molecule has 1 atom stereocenters. The fourth-order valence-corrected chi connectivity index (χ4v) is 2.70. The summed E-state index contributed by atoms with van der Waals surface area (Å²) in [7, 11) is 0. The van der Waals surface area contributed by atoms with E-state index in [9.17, 15) is 5.11 Å². The molecule has 0 spiro atoms. The molecule has 0 aliphatic heterocycles. The number of benzene rings is 1. The molecule has 1 aromatic carbocycles. The summed E-state index contributed by atoms with van der Waals surface area (Å²) in [6.07, 6.45) is -0.526. The quantitative estimate of drug-likeness (QED) is 0.880. The fraction of sp³-hybridized carbons (Fsp3) is 0.231. The number of aryl methyl sites for hydroxylation is 2. The third-order valence-electron chi connectivity index (χ3n) is 2.58. The Labute approximate surface area is 108 Å². The molecule has 1 N–H and O–H groups in total. The predicted octanol–water partition coefficient (Wildman–Crippen LogP) is 4.21. The molecular weight excluding hydrogens is 284 g/mol. The molecule has 84 valence electrons. The van der Waals surface area contributed by atoms with Crippen molar-refractivity contribution in [2.45, 2.75) is 20.0 Å². The molecule has 1 aromatic heterocycles. The van der Waals surface area contributed by atoms with E-state index in [1.54, 1.807) is 11.3 Å². The molecule has 2 aromatic rings. The van der Waals surface area contributed by atoms with Crippen molar-refractivity contribution >= 4 is 27.3 Å². The number of hydrogen-bond donors (Lipinski definition) is 1. The normalized spacial score (nSPS) is 12.8. The van der Waals surface area contributed by atoms with Crippen LogP contribution in [0.5, 0.6) is 0 Å². The van der Waals surface area contributed by atoms with Gasteiger partial charge in [0.2, 0.25) is 0 Å². The Bertz CT molecular complexity index is 504. The zero-order valence-corrected chi connectivity index (χ0v) is 11.6. The summed E-state index contributed by atoms with van der Waals surface area (Å²) in [6.45, 7) is 4.08. The van der Waals surface area contributed by atoms with Crippen LogP contribution in [-0.2, 0) is 0 Å². The van der Waals surface area contributed by atoms with Crippen LogP contribution in [0.3, 0.4) is 0 Å². The number of aliphatic hydroxyl groups is 1. The second-order valence-electron chi connectivity index (χ2n) is 3.90. The molecule has 2 rings (SSSR count). The second kappa shape index (κ2) is 4.70. The highest BCUT2D eigenvalue weighted by Crippen LogP contribution is 2.28. The van der Waals surface area contributed by atoms with E-state index >= 15 is 0 Å². The number of rotatable bonds is 2. The Balaban J connectivity index is 2.33. The molecule has 0 amide bonds. The summed E-state index contributed by atoms with van der Waals surface area (Å²) in [6, 6.07) is 8.00. The van der Waals surface area contributed by atoms with E-state index in [0.717, 1.165) is 15.6 Å². The van der Waals surface area contributed by atoms with Crippen LogP contribution in [0.25, 0.3) is 0 Å². The van der Waals surface area contributed by atoms with Gasteiger partial charge in [0.05, 0.1) is 0 Å². The minimum absolute atomic E-state index is 0.526. The van der Waals surface area contributed by atoms with Crippen LogP contribution in [0.15, 0.2) is 34.1 Å². The van der Waals surface area contributed by atoms with Crippen LogP contribution in [0, 0.1) is 13.8 Å². The third-order valence-corrected chi connectivity index (χ3v) is 4.31.